The molecule has 2 atom stereocenters. The van der Waals surface area contributed by atoms with Crippen LogP contribution >= 0.6 is 23.2 Å². The van der Waals surface area contributed by atoms with Gasteiger partial charge < -0.3 is 10.2 Å². The molecule has 0 spiro atoms. The Bertz CT molecular complexity index is 1510. The number of benzene rings is 2. The number of aliphatic hydroxyl groups is 2. The van der Waals surface area contributed by atoms with Gasteiger partial charge in [-0.2, -0.15) is 13.2 Å². The van der Waals surface area contributed by atoms with Crippen LogP contribution in [0.2, 0.25) is 10.2 Å². The second-order valence-corrected chi connectivity index (χ2v) is 9.08. The number of halogens is 7. The molecule has 0 bridgehead atoms. The number of aliphatic hydroxyl groups excluding tert-OH is 2. The number of hydrogen-bond acceptors (Lipinski definition) is 5. The van der Waals surface area contributed by atoms with Crippen molar-refractivity contribution in [3.05, 3.63) is 86.4 Å². The second kappa shape index (κ2) is 10.5. The van der Waals surface area contributed by atoms with Gasteiger partial charge in [-0.05, 0) is 31.2 Å². The van der Waals surface area contributed by atoms with Gasteiger partial charge in [0.05, 0.1) is 24.5 Å². The number of rotatable bonds is 7. The van der Waals surface area contributed by atoms with Crippen molar-refractivity contribution in [2.75, 3.05) is 0 Å². The average Bonchev–Trinajstić information content (AvgIpc) is 3.34. The largest absolute Gasteiger partial charge is 0.416 e. The molecule has 0 saturated carbocycles. The van der Waals surface area contributed by atoms with Crippen molar-refractivity contribution in [2.45, 2.75) is 38.4 Å². The van der Waals surface area contributed by atoms with E-state index >= 15 is 0 Å². The van der Waals surface area contributed by atoms with E-state index in [-0.39, 0.29) is 33.7 Å². The van der Waals surface area contributed by atoms with E-state index in [2.05, 4.69) is 10.1 Å². The van der Waals surface area contributed by atoms with Crippen LogP contribution in [-0.2, 0) is 13.1 Å². The van der Waals surface area contributed by atoms with Crippen LogP contribution < -0.4 is 5.69 Å². The van der Waals surface area contributed by atoms with E-state index in [9.17, 15) is 37.0 Å². The highest BCUT2D eigenvalue weighted by Crippen LogP contribution is 2.31. The molecule has 0 fully saturated rings. The zero-order valence-corrected chi connectivity index (χ0v) is 20.8. The Labute approximate surface area is 221 Å². The Morgan fingerprint density at radius 3 is 2.16 bits per heavy atom. The van der Waals surface area contributed by atoms with Gasteiger partial charge in [-0.3, -0.25) is 9.13 Å². The van der Waals surface area contributed by atoms with Crippen molar-refractivity contribution >= 4 is 23.2 Å². The molecule has 8 nitrogen and oxygen atoms in total. The van der Waals surface area contributed by atoms with Gasteiger partial charge in [0.1, 0.15) is 22.9 Å². The molecule has 2 aromatic carbocycles. The quantitative estimate of drug-likeness (QED) is 0.315. The monoisotopic (exact) mass is 577 g/mol. The molecule has 0 radical (unpaired) electrons. The molecule has 202 valence electrons. The van der Waals surface area contributed by atoms with Gasteiger partial charge in [-0.25, -0.2) is 23.2 Å². The average molecular weight is 578 g/mol. The van der Waals surface area contributed by atoms with Crippen LogP contribution in [-0.4, -0.2) is 46.4 Å². The fourth-order valence-corrected chi connectivity index (χ4v) is 4.15. The summed E-state index contributed by atoms with van der Waals surface area (Å²) in [6, 6.07) is 8.21. The fraction of sp³-hybridized carbons (Fsp3) is 0.261. The molecule has 0 aliphatic rings. The van der Waals surface area contributed by atoms with Gasteiger partial charge in [-0.15, -0.1) is 5.10 Å². The summed E-state index contributed by atoms with van der Waals surface area (Å²) in [5.41, 5.74) is -1.09. The van der Waals surface area contributed by atoms with E-state index in [4.69, 9.17) is 23.2 Å². The van der Waals surface area contributed by atoms with Crippen molar-refractivity contribution in [3.8, 4) is 16.9 Å². The SMILES string of the molecule is C[C@H](O)c1nc(Cn2c(Cl)c(-c3ccc(Cl)cc3)n(CC(O)C(F)(F)F)c2=O)n(-c2cc(F)cc(F)c2)n1. The predicted molar refractivity (Wildman–Crippen MR) is 127 cm³/mol. The number of aromatic nitrogens is 5. The molecule has 0 saturated heterocycles. The first-order valence-corrected chi connectivity index (χ1v) is 11.6. The molecule has 0 aliphatic heterocycles. The van der Waals surface area contributed by atoms with Crippen LogP contribution in [0.5, 0.6) is 0 Å². The Morgan fingerprint density at radius 1 is 1.00 bits per heavy atom. The molecule has 2 N–H and O–H groups in total. The summed E-state index contributed by atoms with van der Waals surface area (Å²) < 4.78 is 69.8. The summed E-state index contributed by atoms with van der Waals surface area (Å²) in [5, 5.41) is 23.7. The third-order valence-corrected chi connectivity index (χ3v) is 6.11. The second-order valence-electron chi connectivity index (χ2n) is 8.28. The van der Waals surface area contributed by atoms with Crippen LogP contribution in [0.25, 0.3) is 16.9 Å². The lowest BCUT2D eigenvalue weighted by Crippen LogP contribution is -2.37. The highest BCUT2D eigenvalue weighted by Gasteiger charge is 2.39. The van der Waals surface area contributed by atoms with E-state index < -0.39 is 48.8 Å². The van der Waals surface area contributed by atoms with Gasteiger partial charge in [0.2, 0.25) is 0 Å². The number of imidazole rings is 1. The van der Waals surface area contributed by atoms with Crippen LogP contribution in [0, 0.1) is 11.6 Å². The van der Waals surface area contributed by atoms with E-state index in [0.29, 0.717) is 15.7 Å². The summed E-state index contributed by atoms with van der Waals surface area (Å²) in [6.07, 6.45) is -9.13. The maximum atomic E-state index is 13.9. The molecule has 38 heavy (non-hydrogen) atoms. The minimum absolute atomic E-state index is 0.119. The van der Waals surface area contributed by atoms with Gasteiger partial charge in [0.25, 0.3) is 0 Å². The van der Waals surface area contributed by atoms with E-state index in [1.165, 1.54) is 31.2 Å². The Morgan fingerprint density at radius 2 is 1.61 bits per heavy atom. The van der Waals surface area contributed by atoms with Crippen LogP contribution in [0.1, 0.15) is 24.7 Å². The van der Waals surface area contributed by atoms with Gasteiger partial charge in [0.15, 0.2) is 17.8 Å². The molecule has 1 unspecified atom stereocenters. The van der Waals surface area contributed by atoms with Crippen molar-refractivity contribution in [1.82, 2.24) is 23.9 Å². The highest BCUT2D eigenvalue weighted by atomic mass is 35.5. The third-order valence-electron chi connectivity index (χ3n) is 5.47. The molecular formula is C23H18Cl2F5N5O3. The number of hydrogen-bond donors (Lipinski definition) is 2. The maximum Gasteiger partial charge on any atom is 0.416 e. The Hall–Kier alpha value is -3.26. The maximum absolute atomic E-state index is 13.9. The topological polar surface area (TPSA) is 98.1 Å². The third kappa shape index (κ3) is 5.60. The minimum atomic E-state index is -5.03. The van der Waals surface area contributed by atoms with E-state index in [1.807, 2.05) is 0 Å². The van der Waals surface area contributed by atoms with Crippen LogP contribution in [0.4, 0.5) is 22.0 Å². The highest BCUT2D eigenvalue weighted by molar-refractivity contribution is 6.32. The van der Waals surface area contributed by atoms with Crippen molar-refractivity contribution in [2.24, 2.45) is 0 Å². The summed E-state index contributed by atoms with van der Waals surface area (Å²) in [4.78, 5) is 17.5. The van der Waals surface area contributed by atoms with Crippen molar-refractivity contribution in [1.29, 1.82) is 0 Å². The first-order valence-electron chi connectivity index (χ1n) is 10.9. The lowest BCUT2D eigenvalue weighted by Gasteiger charge is -2.16. The van der Waals surface area contributed by atoms with Gasteiger partial charge in [-0.1, -0.05) is 35.3 Å². The summed E-state index contributed by atoms with van der Waals surface area (Å²) in [7, 11) is 0. The van der Waals surface area contributed by atoms with E-state index in [1.54, 1.807) is 0 Å². The minimum Gasteiger partial charge on any atom is -0.385 e. The summed E-state index contributed by atoms with van der Waals surface area (Å²) in [5.74, 6) is -2.15. The van der Waals surface area contributed by atoms with Gasteiger partial charge >= 0.3 is 11.9 Å². The Kier molecular flexibility index (Phi) is 7.66. The van der Waals surface area contributed by atoms with Gasteiger partial charge in [0, 0.05) is 16.7 Å². The van der Waals surface area contributed by atoms with Crippen LogP contribution in [0.15, 0.2) is 47.3 Å². The van der Waals surface area contributed by atoms with E-state index in [0.717, 1.165) is 21.4 Å². The molecular weight excluding hydrogens is 560 g/mol. The normalized spacial score (nSPS) is 13.6. The van der Waals surface area contributed by atoms with Crippen molar-refractivity contribution < 1.29 is 32.2 Å². The first kappa shape index (κ1) is 27.8. The fourth-order valence-electron chi connectivity index (χ4n) is 3.68. The zero-order chi connectivity index (χ0) is 27.9. The molecule has 2 heterocycles. The zero-order valence-electron chi connectivity index (χ0n) is 19.3. The molecule has 4 rings (SSSR count). The number of alkyl halides is 3. The first-order chi connectivity index (χ1) is 17.8. The molecule has 15 heteroatoms. The lowest BCUT2D eigenvalue weighted by atomic mass is 10.1. The summed E-state index contributed by atoms with van der Waals surface area (Å²) >= 11 is 12.4. The smallest absolute Gasteiger partial charge is 0.385 e. The Balaban J connectivity index is 1.89. The molecule has 0 aliphatic carbocycles. The molecule has 4 aromatic rings. The standard InChI is InChI=1S/C23H18Cl2F5N5O3/c1-11(36)21-31-18(35(32-21)16-7-14(26)6-15(27)8-16)10-34-20(25)19(12-2-4-13(24)5-3-12)33(22(34)38)9-17(37)23(28,29)30/h2-8,11,17,36-37H,9-10H2,1H3/t11-,17?/m0/s1. The van der Waals surface area contributed by atoms with Crippen LogP contribution in [0.3, 0.4) is 0 Å². The molecule has 2 aromatic heterocycles. The van der Waals surface area contributed by atoms with Crippen molar-refractivity contribution in [3.63, 3.8) is 0 Å². The summed E-state index contributed by atoms with van der Waals surface area (Å²) in [6.45, 7) is -0.360. The molecule has 0 amide bonds. The predicted octanol–water partition coefficient (Wildman–Crippen LogP) is 4.51. The number of nitrogens with zero attached hydrogens (tertiary/aromatic N) is 5. The lowest BCUT2D eigenvalue weighted by molar-refractivity contribution is -0.207.